The molecule has 1 aliphatic heterocycles. The molecule has 8 heteroatoms. The first-order valence-electron chi connectivity index (χ1n) is 5.97. The summed E-state index contributed by atoms with van der Waals surface area (Å²) in [6, 6.07) is 6.13. The van der Waals surface area contributed by atoms with Crippen LogP contribution in [0.5, 0.6) is 5.75 Å². The molecule has 20 heavy (non-hydrogen) atoms. The lowest BCUT2D eigenvalue weighted by Crippen LogP contribution is -2.25. The van der Waals surface area contributed by atoms with Gasteiger partial charge in [-0.05, 0) is 23.6 Å². The SMILES string of the molecule is [N-]=[N+]=NCC1CC(=O)N(c2ccccc2OC(F)F)C1. The van der Waals surface area contributed by atoms with Gasteiger partial charge in [0, 0.05) is 24.4 Å². The molecular weight excluding hydrogens is 270 g/mol. The van der Waals surface area contributed by atoms with E-state index < -0.39 is 6.61 Å². The van der Waals surface area contributed by atoms with Gasteiger partial charge in [-0.25, -0.2) is 0 Å². The van der Waals surface area contributed by atoms with Crippen molar-refractivity contribution < 1.29 is 18.3 Å². The number of halogens is 2. The van der Waals surface area contributed by atoms with E-state index in [4.69, 9.17) is 5.53 Å². The monoisotopic (exact) mass is 282 g/mol. The van der Waals surface area contributed by atoms with Crippen LogP contribution in [0.3, 0.4) is 0 Å². The van der Waals surface area contributed by atoms with Crippen molar-refractivity contribution in [3.05, 3.63) is 34.7 Å². The number of carbonyl (C=O) groups excluding carboxylic acids is 1. The molecule has 1 aliphatic rings. The van der Waals surface area contributed by atoms with E-state index in [1.54, 1.807) is 18.2 Å². The lowest BCUT2D eigenvalue weighted by Gasteiger charge is -2.20. The summed E-state index contributed by atoms with van der Waals surface area (Å²) in [7, 11) is 0. The molecule has 1 unspecified atom stereocenters. The number of hydrogen-bond donors (Lipinski definition) is 0. The number of carbonyl (C=O) groups is 1. The summed E-state index contributed by atoms with van der Waals surface area (Å²) in [4.78, 5) is 16.0. The van der Waals surface area contributed by atoms with Crippen molar-refractivity contribution in [2.24, 2.45) is 11.0 Å². The van der Waals surface area contributed by atoms with Crippen molar-refractivity contribution in [3.8, 4) is 5.75 Å². The van der Waals surface area contributed by atoms with E-state index in [-0.39, 0.29) is 30.5 Å². The van der Waals surface area contributed by atoms with Gasteiger partial charge in [-0.2, -0.15) is 8.78 Å². The fraction of sp³-hybridized carbons (Fsp3) is 0.417. The zero-order chi connectivity index (χ0) is 14.5. The van der Waals surface area contributed by atoms with Gasteiger partial charge in [-0.1, -0.05) is 17.2 Å². The first-order chi connectivity index (χ1) is 9.61. The fourth-order valence-electron chi connectivity index (χ4n) is 2.16. The summed E-state index contributed by atoms with van der Waals surface area (Å²) in [6.07, 6.45) is 0.224. The van der Waals surface area contributed by atoms with Gasteiger partial charge in [0.25, 0.3) is 0 Å². The standard InChI is InChI=1S/C12H12F2N4O2/c13-12(14)20-10-4-2-1-3-9(10)18-7-8(5-11(18)19)6-16-17-15/h1-4,8,12H,5-7H2. The van der Waals surface area contributed by atoms with Crippen molar-refractivity contribution in [3.63, 3.8) is 0 Å². The highest BCUT2D eigenvalue weighted by Gasteiger charge is 2.31. The van der Waals surface area contributed by atoms with E-state index >= 15 is 0 Å². The highest BCUT2D eigenvalue weighted by molar-refractivity contribution is 5.97. The van der Waals surface area contributed by atoms with Crippen LogP contribution in [0.4, 0.5) is 14.5 Å². The predicted molar refractivity (Wildman–Crippen MR) is 67.5 cm³/mol. The number of alkyl halides is 2. The van der Waals surface area contributed by atoms with Crippen LogP contribution < -0.4 is 9.64 Å². The number of para-hydroxylation sites is 2. The van der Waals surface area contributed by atoms with Crippen LogP contribution in [-0.4, -0.2) is 25.6 Å². The second-order valence-electron chi connectivity index (χ2n) is 4.33. The van der Waals surface area contributed by atoms with E-state index in [1.165, 1.54) is 11.0 Å². The predicted octanol–water partition coefficient (Wildman–Crippen LogP) is 2.95. The van der Waals surface area contributed by atoms with Gasteiger partial charge < -0.3 is 9.64 Å². The summed E-state index contributed by atoms with van der Waals surface area (Å²) >= 11 is 0. The molecule has 1 aromatic carbocycles. The lowest BCUT2D eigenvalue weighted by molar-refractivity contribution is -0.117. The molecule has 106 valence electrons. The van der Waals surface area contributed by atoms with Gasteiger partial charge in [0.15, 0.2) is 0 Å². The summed E-state index contributed by atoms with van der Waals surface area (Å²) < 4.78 is 29.1. The Morgan fingerprint density at radius 2 is 2.25 bits per heavy atom. The molecule has 0 spiro atoms. The third kappa shape index (κ3) is 3.16. The van der Waals surface area contributed by atoms with Crippen molar-refractivity contribution in [1.29, 1.82) is 0 Å². The number of amides is 1. The Morgan fingerprint density at radius 1 is 1.50 bits per heavy atom. The van der Waals surface area contributed by atoms with Gasteiger partial charge in [-0.3, -0.25) is 4.79 Å². The number of ether oxygens (including phenoxy) is 1. The average molecular weight is 282 g/mol. The maximum atomic E-state index is 12.3. The topological polar surface area (TPSA) is 78.3 Å². The number of benzene rings is 1. The molecule has 1 heterocycles. The number of rotatable bonds is 5. The Balaban J connectivity index is 2.19. The van der Waals surface area contributed by atoms with Gasteiger partial charge >= 0.3 is 6.61 Å². The van der Waals surface area contributed by atoms with Gasteiger partial charge in [0.05, 0.1) is 5.69 Å². The van der Waals surface area contributed by atoms with Gasteiger partial charge in [-0.15, -0.1) is 0 Å². The highest BCUT2D eigenvalue weighted by Crippen LogP contribution is 2.33. The molecule has 0 radical (unpaired) electrons. The molecule has 2 rings (SSSR count). The second-order valence-corrected chi connectivity index (χ2v) is 4.33. The minimum Gasteiger partial charge on any atom is -0.433 e. The number of anilines is 1. The number of hydrogen-bond acceptors (Lipinski definition) is 3. The first kappa shape index (κ1) is 14.1. The molecule has 1 aromatic rings. The van der Waals surface area contributed by atoms with Crippen LogP contribution in [0.15, 0.2) is 29.4 Å². The third-order valence-electron chi connectivity index (χ3n) is 2.98. The summed E-state index contributed by atoms with van der Waals surface area (Å²) in [6.45, 7) is -2.43. The molecule has 0 saturated carbocycles. The Hall–Kier alpha value is -2.34. The van der Waals surface area contributed by atoms with Crippen LogP contribution >= 0.6 is 0 Å². The lowest BCUT2D eigenvalue weighted by atomic mass is 10.1. The van der Waals surface area contributed by atoms with E-state index in [0.717, 1.165) is 0 Å². The van der Waals surface area contributed by atoms with Gasteiger partial charge in [0.1, 0.15) is 5.75 Å². The first-order valence-corrected chi connectivity index (χ1v) is 5.97. The van der Waals surface area contributed by atoms with Crippen molar-refractivity contribution >= 4 is 11.6 Å². The molecule has 1 atom stereocenters. The molecule has 1 saturated heterocycles. The van der Waals surface area contributed by atoms with E-state index in [9.17, 15) is 13.6 Å². The normalized spacial score (nSPS) is 18.2. The molecular formula is C12H12F2N4O2. The molecule has 6 nitrogen and oxygen atoms in total. The number of azide groups is 1. The Bertz CT molecular complexity index is 546. The second kappa shape index (κ2) is 6.21. The molecule has 0 aliphatic carbocycles. The van der Waals surface area contributed by atoms with E-state index in [1.807, 2.05) is 0 Å². The molecule has 0 bridgehead atoms. The minimum absolute atomic E-state index is 0.0414. The van der Waals surface area contributed by atoms with E-state index in [2.05, 4.69) is 14.8 Å². The van der Waals surface area contributed by atoms with Crippen LogP contribution in [-0.2, 0) is 4.79 Å². The Labute approximate surface area is 113 Å². The van der Waals surface area contributed by atoms with Crippen molar-refractivity contribution in [1.82, 2.24) is 0 Å². The van der Waals surface area contributed by atoms with Gasteiger partial charge in [0.2, 0.25) is 5.91 Å². The third-order valence-corrected chi connectivity index (χ3v) is 2.98. The average Bonchev–Trinajstić information content (AvgIpc) is 2.77. The minimum atomic E-state index is -2.95. The number of nitrogens with zero attached hydrogens (tertiary/aromatic N) is 4. The van der Waals surface area contributed by atoms with Crippen LogP contribution in [0.25, 0.3) is 10.4 Å². The smallest absolute Gasteiger partial charge is 0.387 e. The largest absolute Gasteiger partial charge is 0.433 e. The highest BCUT2D eigenvalue weighted by atomic mass is 19.3. The summed E-state index contributed by atoms with van der Waals surface area (Å²) in [5.74, 6) is -0.355. The molecule has 1 amide bonds. The quantitative estimate of drug-likeness (QED) is 0.473. The van der Waals surface area contributed by atoms with Crippen LogP contribution in [0, 0.1) is 5.92 Å². The molecule has 0 N–H and O–H groups in total. The van der Waals surface area contributed by atoms with Crippen LogP contribution in [0.2, 0.25) is 0 Å². The summed E-state index contributed by atoms with van der Waals surface area (Å²) in [5.41, 5.74) is 8.58. The maximum absolute atomic E-state index is 12.3. The summed E-state index contributed by atoms with van der Waals surface area (Å²) in [5, 5.41) is 3.44. The molecule has 0 aromatic heterocycles. The zero-order valence-electron chi connectivity index (χ0n) is 10.4. The van der Waals surface area contributed by atoms with Crippen molar-refractivity contribution in [2.75, 3.05) is 18.0 Å². The zero-order valence-corrected chi connectivity index (χ0v) is 10.4. The Morgan fingerprint density at radius 3 is 2.95 bits per heavy atom. The molecule has 1 fully saturated rings. The fourth-order valence-corrected chi connectivity index (χ4v) is 2.16. The van der Waals surface area contributed by atoms with Crippen molar-refractivity contribution in [2.45, 2.75) is 13.0 Å². The Kier molecular flexibility index (Phi) is 4.37. The van der Waals surface area contributed by atoms with E-state index in [0.29, 0.717) is 12.2 Å². The van der Waals surface area contributed by atoms with Crippen LogP contribution in [0.1, 0.15) is 6.42 Å². The maximum Gasteiger partial charge on any atom is 0.387 e.